The number of benzene rings is 1. The van der Waals surface area contributed by atoms with Gasteiger partial charge in [0.2, 0.25) is 5.89 Å². The van der Waals surface area contributed by atoms with Gasteiger partial charge in [-0.3, -0.25) is 0 Å². The van der Waals surface area contributed by atoms with Crippen LogP contribution in [-0.4, -0.2) is 20.0 Å². The Balaban J connectivity index is 2.01. The topological polar surface area (TPSA) is 59.6 Å². The van der Waals surface area contributed by atoms with Gasteiger partial charge >= 0.3 is 0 Å². The molecule has 0 aliphatic rings. The minimum Gasteiger partial charge on any atom is -0.409 e. The molecule has 5 nitrogen and oxygen atoms in total. The fraction of sp³-hybridized carbons (Fsp3) is 0. The Morgan fingerprint density at radius 1 is 1.24 bits per heavy atom. The van der Waals surface area contributed by atoms with E-state index in [0.29, 0.717) is 5.89 Å². The number of hydrogen-bond acceptors (Lipinski definition) is 4. The van der Waals surface area contributed by atoms with Crippen molar-refractivity contribution in [1.29, 1.82) is 0 Å². The van der Waals surface area contributed by atoms with E-state index in [4.69, 9.17) is 16.6 Å². The number of aromatic nitrogens is 4. The van der Waals surface area contributed by atoms with Crippen molar-refractivity contribution in [1.82, 2.24) is 20.0 Å². The zero-order chi connectivity index (χ0) is 11.7. The largest absolute Gasteiger partial charge is 0.409 e. The van der Waals surface area contributed by atoms with Crippen LogP contribution >= 0.6 is 12.2 Å². The van der Waals surface area contributed by atoms with Crippen molar-refractivity contribution in [2.45, 2.75) is 0 Å². The molecule has 1 N–H and O–H groups in total. The van der Waals surface area contributed by atoms with Crippen LogP contribution in [0.1, 0.15) is 0 Å². The maximum atomic E-state index is 5.21. The summed E-state index contributed by atoms with van der Waals surface area (Å²) in [4.78, 5) is 0.257. The average Bonchev–Trinajstić information content (AvgIpc) is 2.98. The monoisotopic (exact) mass is 244 g/mol. The Morgan fingerprint density at radius 2 is 2.06 bits per heavy atom. The Morgan fingerprint density at radius 3 is 2.76 bits per heavy atom. The van der Waals surface area contributed by atoms with Crippen LogP contribution in [0.2, 0.25) is 0 Å². The van der Waals surface area contributed by atoms with Gasteiger partial charge in [-0.05, 0) is 24.4 Å². The highest BCUT2D eigenvalue weighted by Gasteiger charge is 2.07. The number of para-hydroxylation sites is 1. The van der Waals surface area contributed by atoms with Crippen LogP contribution in [0.15, 0.2) is 47.1 Å². The van der Waals surface area contributed by atoms with Crippen LogP contribution in [0, 0.1) is 4.84 Å². The molecule has 0 fully saturated rings. The Labute approximate surface area is 102 Å². The van der Waals surface area contributed by atoms with E-state index < -0.39 is 0 Å². The lowest BCUT2D eigenvalue weighted by molar-refractivity contribution is 0.552. The molecule has 0 bridgehead atoms. The summed E-state index contributed by atoms with van der Waals surface area (Å²) in [6.45, 7) is 0. The van der Waals surface area contributed by atoms with Crippen LogP contribution in [-0.2, 0) is 0 Å². The Bertz CT molecular complexity index is 683. The van der Waals surface area contributed by atoms with Gasteiger partial charge in [-0.2, -0.15) is 5.10 Å². The van der Waals surface area contributed by atoms with Gasteiger partial charge in [0, 0.05) is 6.20 Å². The highest BCUT2D eigenvalue weighted by Crippen LogP contribution is 2.17. The van der Waals surface area contributed by atoms with E-state index in [9.17, 15) is 0 Å². The second-order valence-electron chi connectivity index (χ2n) is 3.43. The van der Waals surface area contributed by atoms with Crippen molar-refractivity contribution in [3.05, 3.63) is 47.6 Å². The van der Waals surface area contributed by atoms with Gasteiger partial charge in [-0.15, -0.1) is 5.10 Å². The lowest BCUT2D eigenvalue weighted by Crippen LogP contribution is -1.92. The Kier molecular flexibility index (Phi) is 2.34. The summed E-state index contributed by atoms with van der Waals surface area (Å²) in [5.74, 6) is 0.442. The smallest absolute Gasteiger partial charge is 0.284 e. The number of nitrogens with zero attached hydrogens (tertiary/aromatic N) is 3. The Hall–Kier alpha value is -2.21. The molecule has 0 atom stereocenters. The van der Waals surface area contributed by atoms with Crippen LogP contribution in [0.3, 0.4) is 0 Å². The molecular formula is C11H8N4OS. The molecule has 1 aromatic carbocycles. The lowest BCUT2D eigenvalue weighted by Gasteiger charge is -1.98. The van der Waals surface area contributed by atoms with E-state index in [1.165, 1.54) is 0 Å². The number of rotatable bonds is 2. The van der Waals surface area contributed by atoms with Gasteiger partial charge in [-0.1, -0.05) is 18.2 Å². The summed E-state index contributed by atoms with van der Waals surface area (Å²) in [7, 11) is 0. The van der Waals surface area contributed by atoms with Gasteiger partial charge in [0.15, 0.2) is 0 Å². The molecule has 84 valence electrons. The number of hydrogen-bond donors (Lipinski definition) is 1. The van der Waals surface area contributed by atoms with E-state index in [2.05, 4.69) is 15.3 Å². The molecule has 6 heteroatoms. The summed E-state index contributed by atoms with van der Waals surface area (Å²) in [6, 6.07) is 9.81. The van der Waals surface area contributed by atoms with E-state index in [1.54, 1.807) is 10.9 Å². The van der Waals surface area contributed by atoms with Gasteiger partial charge in [0.1, 0.15) is 0 Å². The first-order valence-corrected chi connectivity index (χ1v) is 5.40. The lowest BCUT2D eigenvalue weighted by atomic mass is 10.3. The summed E-state index contributed by atoms with van der Waals surface area (Å²) >= 11 is 4.82. The van der Waals surface area contributed by atoms with Crippen LogP contribution in [0.5, 0.6) is 0 Å². The molecule has 0 spiro atoms. The van der Waals surface area contributed by atoms with Gasteiger partial charge in [0.25, 0.3) is 4.84 Å². The number of aromatic amines is 1. The molecule has 0 amide bonds. The fourth-order valence-electron chi connectivity index (χ4n) is 1.51. The highest BCUT2D eigenvalue weighted by molar-refractivity contribution is 7.71. The molecule has 3 rings (SSSR count). The quantitative estimate of drug-likeness (QED) is 0.704. The highest BCUT2D eigenvalue weighted by atomic mass is 32.1. The maximum Gasteiger partial charge on any atom is 0.284 e. The van der Waals surface area contributed by atoms with Crippen molar-refractivity contribution in [3.63, 3.8) is 0 Å². The molecule has 2 aromatic heterocycles. The summed E-state index contributed by atoms with van der Waals surface area (Å²) in [6.07, 6.45) is 3.52. The first kappa shape index (κ1) is 9.98. The first-order valence-electron chi connectivity index (χ1n) is 4.99. The number of nitrogens with one attached hydrogen (secondary N) is 1. The zero-order valence-corrected chi connectivity index (χ0v) is 9.52. The normalized spacial score (nSPS) is 10.6. The minimum absolute atomic E-state index is 0.257. The third-order valence-corrected chi connectivity index (χ3v) is 2.46. The SMILES string of the molecule is S=c1[nH]nc(-c2cnn(-c3ccccc3)c2)o1. The van der Waals surface area contributed by atoms with Crippen molar-refractivity contribution < 1.29 is 4.42 Å². The van der Waals surface area contributed by atoms with Gasteiger partial charge < -0.3 is 4.42 Å². The van der Waals surface area contributed by atoms with Crippen LogP contribution in [0.4, 0.5) is 0 Å². The maximum absolute atomic E-state index is 5.21. The van der Waals surface area contributed by atoms with E-state index >= 15 is 0 Å². The van der Waals surface area contributed by atoms with Gasteiger partial charge in [0.05, 0.1) is 17.4 Å². The van der Waals surface area contributed by atoms with E-state index in [1.807, 2.05) is 36.5 Å². The van der Waals surface area contributed by atoms with Crippen molar-refractivity contribution in [2.75, 3.05) is 0 Å². The van der Waals surface area contributed by atoms with Crippen molar-refractivity contribution >= 4 is 12.2 Å². The summed E-state index contributed by atoms with van der Waals surface area (Å²) < 4.78 is 6.97. The molecule has 0 unspecified atom stereocenters. The zero-order valence-electron chi connectivity index (χ0n) is 8.70. The summed E-state index contributed by atoms with van der Waals surface area (Å²) in [5.41, 5.74) is 1.76. The molecule has 0 saturated heterocycles. The van der Waals surface area contributed by atoms with Crippen LogP contribution in [0.25, 0.3) is 17.1 Å². The second-order valence-corrected chi connectivity index (χ2v) is 3.80. The van der Waals surface area contributed by atoms with Crippen molar-refractivity contribution in [3.8, 4) is 17.1 Å². The predicted molar refractivity (Wildman–Crippen MR) is 64.2 cm³/mol. The van der Waals surface area contributed by atoms with E-state index in [0.717, 1.165) is 11.3 Å². The molecule has 3 aromatic rings. The summed E-state index contributed by atoms with van der Waals surface area (Å²) in [5, 5.41) is 10.8. The standard InChI is InChI=1S/C11H8N4OS/c17-11-14-13-10(16-11)8-6-12-15(7-8)9-4-2-1-3-5-9/h1-7H,(H,14,17). The average molecular weight is 244 g/mol. The van der Waals surface area contributed by atoms with Gasteiger partial charge in [-0.25, -0.2) is 9.78 Å². The number of H-pyrrole nitrogens is 1. The molecule has 0 radical (unpaired) electrons. The molecule has 17 heavy (non-hydrogen) atoms. The molecule has 2 heterocycles. The molecule has 0 saturated carbocycles. The third-order valence-electron chi connectivity index (χ3n) is 2.29. The fourth-order valence-corrected chi connectivity index (χ4v) is 1.63. The molecular weight excluding hydrogens is 236 g/mol. The second kappa shape index (κ2) is 3.99. The van der Waals surface area contributed by atoms with Crippen LogP contribution < -0.4 is 0 Å². The first-order chi connectivity index (χ1) is 8.33. The van der Waals surface area contributed by atoms with E-state index in [-0.39, 0.29) is 4.84 Å². The molecule has 0 aliphatic carbocycles. The van der Waals surface area contributed by atoms with Crippen molar-refractivity contribution in [2.24, 2.45) is 0 Å². The minimum atomic E-state index is 0.257. The molecule has 0 aliphatic heterocycles. The third kappa shape index (κ3) is 1.90. The predicted octanol–water partition coefficient (Wildman–Crippen LogP) is 2.58.